The summed E-state index contributed by atoms with van der Waals surface area (Å²) in [6.07, 6.45) is 8.94. The minimum atomic E-state index is -3.05. The first-order valence-corrected chi connectivity index (χ1v) is 42.0. The smallest absolute Gasteiger partial charge is 0.280 e. The monoisotopic (exact) mass is 1610 g/mol. The van der Waals surface area contributed by atoms with Crippen LogP contribution in [0.15, 0.2) is 136 Å². The van der Waals surface area contributed by atoms with E-state index >= 15 is 0 Å². The van der Waals surface area contributed by atoms with E-state index in [1.54, 1.807) is 73.1 Å². The van der Waals surface area contributed by atoms with Gasteiger partial charge in [-0.25, -0.2) is 28.7 Å². The van der Waals surface area contributed by atoms with E-state index in [2.05, 4.69) is 64.8 Å². The van der Waals surface area contributed by atoms with Crippen LogP contribution in [0, 0.1) is 11.6 Å². The lowest BCUT2D eigenvalue weighted by Gasteiger charge is -2.15. The zero-order valence-corrected chi connectivity index (χ0v) is 63.6. The predicted octanol–water partition coefficient (Wildman–Crippen LogP) is 7.54. The molecule has 0 aliphatic carbocycles. The van der Waals surface area contributed by atoms with Crippen molar-refractivity contribution in [1.29, 1.82) is 0 Å². The van der Waals surface area contributed by atoms with Crippen LogP contribution in [0.1, 0.15) is 22.3 Å². The number of hydrogen-bond donors (Lipinski definition) is 8. The molecule has 9 aromatic heterocycles. The van der Waals surface area contributed by atoms with Gasteiger partial charge in [0.2, 0.25) is 53.3 Å². The fraction of sp³-hybridized carbons (Fsp3) is 0.328. The highest BCUT2D eigenvalue weighted by atomic mass is 35.5. The van der Waals surface area contributed by atoms with Crippen molar-refractivity contribution >= 4 is 110 Å². The molecule has 0 aliphatic heterocycles. The molecule has 12 N–H and O–H groups in total. The van der Waals surface area contributed by atoms with Crippen molar-refractivity contribution in [3.8, 4) is 5.75 Å². The second-order valence-corrected chi connectivity index (χ2v) is 34.7. The van der Waals surface area contributed by atoms with Crippen LogP contribution in [0.25, 0.3) is 44.7 Å². The van der Waals surface area contributed by atoms with Gasteiger partial charge in [0.15, 0.2) is 56.2 Å². The number of methoxy groups -OCH3 is 1. The number of aromatic nitrogens is 17. The number of pyridine rings is 1. The second-order valence-electron chi connectivity index (χ2n) is 24.1. The highest BCUT2D eigenvalue weighted by Crippen LogP contribution is 2.46. The Kier molecular flexibility index (Phi) is 29.2. The number of nitrogens with zero attached hydrogens (tertiary/aromatic N) is 13. The number of rotatable bonds is 33. The lowest BCUT2D eigenvalue weighted by Crippen LogP contribution is -2.13. The van der Waals surface area contributed by atoms with Gasteiger partial charge in [0.05, 0.1) is 85.3 Å². The standard InChI is InChI=1S/C17H21FN5O5P.C16H19ClN5O4P.C16H19FN5O4P.C15H19N6O4P/c1-26-13-4-3-11(7-12(13)18)8-28-29(2,25)10-27-6-5-23-9-20-14-15(23)21-17(19)22-16(14)24;2*1-27(24,26-8-11-3-2-4-12(17)7-11)10-25-6-5-22-9-19-13-14(22)20-16(18)21-15(13)23;1-26(23,25-8-11-3-2-4-17-7-11)10-24-6-5-21-9-18-12-13(21)19-15(16)20-14(12)22/h3-4,7,9H,5-6,8,10H2,1-2H3,(H3,19,21,22,24);2*2-4,7,9H,5-6,8,10H2,1H3,(H3,18,20,21,23);2-4,7,9H,5-6,8,10H2,1H3,(H3,16,19,20,22). The van der Waals surface area contributed by atoms with E-state index in [0.717, 1.165) is 11.1 Å². The Bertz CT molecular complexity index is 5380. The van der Waals surface area contributed by atoms with E-state index in [4.69, 9.17) is 76.3 Å². The molecule has 0 bridgehead atoms. The minimum absolute atomic E-state index is 0.000948. The summed E-state index contributed by atoms with van der Waals surface area (Å²) in [6.45, 7) is 8.71. The highest BCUT2D eigenvalue weighted by Gasteiger charge is 2.22. The van der Waals surface area contributed by atoms with E-state index in [-0.39, 0.29) is 136 Å². The van der Waals surface area contributed by atoms with Gasteiger partial charge in [-0.3, -0.25) is 62.4 Å². The topological polar surface area (TPSA) is 523 Å². The van der Waals surface area contributed by atoms with Gasteiger partial charge in [-0.2, -0.15) is 19.9 Å². The van der Waals surface area contributed by atoms with Crippen molar-refractivity contribution < 1.29 is 68.8 Å². The third kappa shape index (κ3) is 25.3. The molecular weight excluding hydrogens is 1530 g/mol. The second kappa shape index (κ2) is 38.4. The van der Waals surface area contributed by atoms with Gasteiger partial charge in [-0.1, -0.05) is 48.0 Å². The Morgan fingerprint density at radius 1 is 0.440 bits per heavy atom. The lowest BCUT2D eigenvalue weighted by atomic mass is 10.2. The number of nitrogen functional groups attached to an aromatic ring is 4. The summed E-state index contributed by atoms with van der Waals surface area (Å²) in [6, 6.07) is 21.1. The maximum atomic E-state index is 13.7. The first-order chi connectivity index (χ1) is 51.9. The Morgan fingerprint density at radius 2 is 0.771 bits per heavy atom. The molecule has 0 saturated heterocycles. The van der Waals surface area contributed by atoms with Gasteiger partial charge in [0, 0.05) is 70.3 Å². The van der Waals surface area contributed by atoms with Crippen molar-refractivity contribution in [2.24, 2.45) is 0 Å². The van der Waals surface area contributed by atoms with Gasteiger partial charge in [-0.15, -0.1) is 0 Å². The number of imidazole rings is 4. The number of nitrogens with two attached hydrogens (primary N) is 4. The Balaban J connectivity index is 0.000000168. The molecule has 4 unspecified atom stereocenters. The zero-order valence-electron chi connectivity index (χ0n) is 59.3. The SMILES string of the molecule is COc1ccc(COP(C)(=O)COCCn2cnc3c(=O)[nH]c(N)nc32)cc1F.CP(=O)(COCCn1cnc2c(=O)[nH]c(N)nc21)OCc1cccc(Cl)c1.CP(=O)(COCCn1cnc2c(=O)[nH]c(N)nc21)OCc1cccc(F)c1.CP(=O)(COCCn1cnc2c(=O)[nH]c(N)nc21)OCc1cccnc1. The average molecular weight is 1610 g/mol. The van der Waals surface area contributed by atoms with Gasteiger partial charge in [0.25, 0.3) is 22.2 Å². The normalized spacial score (nSPS) is 13.7. The van der Waals surface area contributed by atoms with Crippen LogP contribution >= 0.6 is 41.1 Å². The summed E-state index contributed by atoms with van der Waals surface area (Å²) in [5.41, 5.74) is 25.6. The molecule has 12 aromatic rings. The van der Waals surface area contributed by atoms with E-state index in [0.29, 0.717) is 64.9 Å². The molecule has 0 amide bonds. The number of halogens is 3. The number of aromatic amines is 4. The number of ether oxygens (including phenoxy) is 5. The Hall–Kier alpha value is -10.0. The van der Waals surface area contributed by atoms with Gasteiger partial charge >= 0.3 is 0 Å². The molecule has 38 nitrogen and oxygen atoms in total. The summed E-state index contributed by atoms with van der Waals surface area (Å²) >= 11 is 5.92. The quantitative estimate of drug-likeness (QED) is 0.0145. The highest BCUT2D eigenvalue weighted by molar-refractivity contribution is 7.58. The number of fused-ring (bicyclic) bond motifs is 4. The summed E-state index contributed by atoms with van der Waals surface area (Å²) in [5.74, 6) is -0.738. The van der Waals surface area contributed by atoms with Crippen LogP contribution in [0.2, 0.25) is 5.02 Å². The van der Waals surface area contributed by atoms with Gasteiger partial charge < -0.3 is 83.0 Å². The molecule has 0 saturated carbocycles. The summed E-state index contributed by atoms with van der Waals surface area (Å²) < 4.78 is 132. The summed E-state index contributed by atoms with van der Waals surface area (Å²) in [5, 5.41) is 0.596. The van der Waals surface area contributed by atoms with Gasteiger partial charge in [-0.05, 0) is 64.7 Å². The molecule has 4 atom stereocenters. The molecule has 0 aliphatic rings. The average Bonchev–Trinajstić information content (AvgIpc) is 1.70. The van der Waals surface area contributed by atoms with E-state index < -0.39 is 57.5 Å². The largest absolute Gasteiger partial charge is 0.494 e. The number of H-pyrrole nitrogens is 4. The molecular formula is C64H78ClF2N21O17P4. The number of nitrogens with one attached hydrogen (secondary N) is 4. The maximum Gasteiger partial charge on any atom is 0.280 e. The van der Waals surface area contributed by atoms with Crippen LogP contribution in [0.5, 0.6) is 5.75 Å². The molecule has 0 spiro atoms. The fourth-order valence-electron chi connectivity index (χ4n) is 9.64. The zero-order chi connectivity index (χ0) is 78.5. The molecule has 582 valence electrons. The van der Waals surface area contributed by atoms with Gasteiger partial charge in [0.1, 0.15) is 31.2 Å². The Morgan fingerprint density at radius 3 is 1.09 bits per heavy atom. The molecule has 45 heteroatoms. The lowest BCUT2D eigenvalue weighted by molar-refractivity contribution is 0.153. The van der Waals surface area contributed by atoms with Crippen molar-refractivity contribution in [2.45, 2.75) is 52.6 Å². The van der Waals surface area contributed by atoms with Crippen molar-refractivity contribution in [2.75, 3.05) is 109 Å². The molecule has 12 rings (SSSR count). The minimum Gasteiger partial charge on any atom is -0.494 e. The first kappa shape index (κ1) is 83.0. The molecule has 109 heavy (non-hydrogen) atoms. The van der Waals surface area contributed by atoms with E-state index in [1.165, 1.54) is 83.3 Å². The first-order valence-electron chi connectivity index (χ1n) is 32.6. The number of anilines is 4. The number of benzene rings is 3. The molecule has 9 heterocycles. The van der Waals surface area contributed by atoms with Crippen LogP contribution in [-0.4, -0.2) is 169 Å². The third-order valence-corrected chi connectivity index (χ3v) is 20.5. The van der Waals surface area contributed by atoms with Crippen LogP contribution in [-0.2, 0) is 108 Å². The molecule has 3 aromatic carbocycles. The number of hydrogen-bond acceptors (Lipinski definition) is 30. The summed E-state index contributed by atoms with van der Waals surface area (Å²) in [7, 11) is -10.5. The van der Waals surface area contributed by atoms with Crippen molar-refractivity contribution in [3.05, 3.63) is 197 Å². The van der Waals surface area contributed by atoms with Crippen LogP contribution < -0.4 is 49.9 Å². The summed E-state index contributed by atoms with van der Waals surface area (Å²) in [4.78, 5) is 92.7. The maximum absolute atomic E-state index is 13.7. The molecule has 0 radical (unpaired) electrons. The fourth-order valence-corrected chi connectivity index (χ4v) is 13.7. The Labute approximate surface area is 622 Å². The van der Waals surface area contributed by atoms with Crippen LogP contribution in [0.4, 0.5) is 32.6 Å². The van der Waals surface area contributed by atoms with Crippen molar-refractivity contribution in [1.82, 2.24) is 83.1 Å². The third-order valence-electron chi connectivity index (χ3n) is 14.9. The van der Waals surface area contributed by atoms with Crippen molar-refractivity contribution in [3.63, 3.8) is 0 Å². The molecule has 0 fully saturated rings. The van der Waals surface area contributed by atoms with E-state index in [9.17, 15) is 46.2 Å². The van der Waals surface area contributed by atoms with Crippen LogP contribution in [0.3, 0.4) is 0 Å². The predicted molar refractivity (Wildman–Crippen MR) is 402 cm³/mol. The van der Waals surface area contributed by atoms with E-state index in [1.807, 2.05) is 12.1 Å².